The van der Waals surface area contributed by atoms with Gasteiger partial charge >= 0.3 is 0 Å². The third kappa shape index (κ3) is 9.98. The Morgan fingerprint density at radius 1 is 0.474 bits per heavy atom. The molecule has 0 saturated heterocycles. The molecule has 0 bridgehead atoms. The maximum absolute atomic E-state index is 13.8. The first kappa shape index (κ1) is 52.5. The van der Waals surface area contributed by atoms with Crippen LogP contribution in [0.2, 0.25) is 0 Å². The Bertz CT molecular complexity index is 3480. The van der Waals surface area contributed by atoms with E-state index >= 15 is 0 Å². The molecule has 396 valence electrons. The van der Waals surface area contributed by atoms with Crippen molar-refractivity contribution in [1.82, 2.24) is 59.2 Å². The fourth-order valence-electron chi connectivity index (χ4n) is 9.26. The average Bonchev–Trinajstić information content (AvgIpc) is 4.33. The largest absolute Gasteiger partial charge is 0.383 e. The minimum atomic E-state index is -0.776. The molecule has 78 heavy (non-hydrogen) atoms. The van der Waals surface area contributed by atoms with Gasteiger partial charge in [0.15, 0.2) is 17.5 Å². The Balaban J connectivity index is 0.000000132. The monoisotopic (exact) mass is 1120 g/mol. The van der Waals surface area contributed by atoms with Crippen LogP contribution in [0.25, 0.3) is 34.6 Å². The summed E-state index contributed by atoms with van der Waals surface area (Å²) in [6, 6.07) is 25.0. The Morgan fingerprint density at radius 3 is 1.22 bits per heavy atom. The van der Waals surface area contributed by atoms with Crippen LogP contribution in [0.4, 0.5) is 36.4 Å². The number of nitrogens with one attached hydrogen (secondary N) is 3. The third-order valence-electron chi connectivity index (χ3n) is 13.6. The predicted octanol–water partition coefficient (Wildman–Crippen LogP) is 8.92. The van der Waals surface area contributed by atoms with Gasteiger partial charge < -0.3 is 21.7 Å². The number of benzene rings is 3. The van der Waals surface area contributed by atoms with E-state index in [0.717, 1.165) is 16.8 Å². The van der Waals surface area contributed by atoms with Gasteiger partial charge in [-0.05, 0) is 101 Å². The van der Waals surface area contributed by atoms with Crippen molar-refractivity contribution in [1.29, 1.82) is 0 Å². The SMILES string of the molecule is CC1(C)C(=O)Nc2nc(-c3ccn(Cc4ccccc4F)n3)nc(Br)c21.CC1(C)C(=O)Nc2nc(-c3ccn(Cc4ccccc4F)n3)nc(N)c21.Cc1nc(-c2ccn(Cc3ccccc3F)n2)nc2c1C(C)(C)C(=O)N2. The number of rotatable bonds is 9. The number of nitrogen functional groups attached to an aromatic ring is 1. The molecule has 3 amide bonds. The fourth-order valence-corrected chi connectivity index (χ4v) is 10.1. The number of fused-ring (bicyclic) bond motifs is 3. The van der Waals surface area contributed by atoms with Crippen LogP contribution in [0.5, 0.6) is 0 Å². The first-order valence-electron chi connectivity index (χ1n) is 24.5. The van der Waals surface area contributed by atoms with E-state index < -0.39 is 16.2 Å². The lowest BCUT2D eigenvalue weighted by Gasteiger charge is -2.16. The van der Waals surface area contributed by atoms with E-state index in [4.69, 9.17) is 5.73 Å². The molecule has 3 aromatic carbocycles. The zero-order valence-electron chi connectivity index (χ0n) is 43.2. The van der Waals surface area contributed by atoms with Crippen molar-refractivity contribution in [3.8, 4) is 34.6 Å². The minimum Gasteiger partial charge on any atom is -0.383 e. The summed E-state index contributed by atoms with van der Waals surface area (Å²) in [6.45, 7) is 13.7. The number of carbonyl (C=O) groups excluding carboxylic acids is 3. The number of amides is 3. The fraction of sp³-hybridized carbons (Fsp3) is 0.236. The number of aromatic nitrogens is 12. The molecule has 0 spiro atoms. The van der Waals surface area contributed by atoms with Crippen molar-refractivity contribution >= 4 is 56.9 Å². The molecule has 0 radical (unpaired) electrons. The van der Waals surface area contributed by atoms with Gasteiger partial charge in [0.1, 0.15) is 62.4 Å². The van der Waals surface area contributed by atoms with Gasteiger partial charge in [-0.15, -0.1) is 0 Å². The maximum Gasteiger partial charge on any atom is 0.235 e. The van der Waals surface area contributed by atoms with E-state index in [2.05, 4.69) is 77.1 Å². The highest BCUT2D eigenvalue weighted by atomic mass is 79.9. The number of carbonyl (C=O) groups is 3. The number of hydrogen-bond donors (Lipinski definition) is 4. The van der Waals surface area contributed by atoms with Gasteiger partial charge in [0.05, 0.1) is 41.4 Å². The molecule has 5 N–H and O–H groups in total. The second kappa shape index (κ2) is 20.2. The Kier molecular flexibility index (Phi) is 13.6. The van der Waals surface area contributed by atoms with Crippen molar-refractivity contribution in [2.24, 2.45) is 0 Å². The summed E-state index contributed by atoms with van der Waals surface area (Å²) in [5, 5.41) is 21.6. The molecule has 0 aliphatic carbocycles. The van der Waals surface area contributed by atoms with Crippen LogP contribution < -0.4 is 21.7 Å². The van der Waals surface area contributed by atoms with Crippen molar-refractivity contribution in [3.05, 3.63) is 171 Å². The summed E-state index contributed by atoms with van der Waals surface area (Å²) in [5.74, 6) is 1.61. The van der Waals surface area contributed by atoms with Crippen LogP contribution >= 0.6 is 15.9 Å². The van der Waals surface area contributed by atoms with Gasteiger partial charge in [-0.1, -0.05) is 54.6 Å². The van der Waals surface area contributed by atoms with Gasteiger partial charge in [-0.25, -0.2) is 43.1 Å². The Hall–Kier alpha value is -8.99. The number of nitrogens with zero attached hydrogens (tertiary/aromatic N) is 12. The van der Waals surface area contributed by atoms with Crippen LogP contribution in [0.15, 0.2) is 114 Å². The number of anilines is 4. The normalized spacial score (nSPS) is 15.0. The standard InChI is InChI=1S/C19H18FN5O.C18H15BrFN5O.C18H17FN6O/c1-11-15-17(23-18(26)19(15,2)3)22-16(21-11)14-8-9-25(24-14)10-12-6-4-5-7-13(12)20;1-18(2)13-14(19)21-15(22-16(13)23-17(18)26)12-7-8-25(24-12)9-10-5-3-4-6-11(10)20;1-18(2)13-14(20)21-15(22-16(13)23-17(18)26)12-7-8-25(24-12)9-10-5-3-4-6-11(10)19/h4-9H,10H2,1-3H3,(H,21,22,23,26);3-8H,9H2,1-2H3,(H,21,22,23,26);3-8H,9H2,1-2H3,(H3,20,21,22,23,26). The van der Waals surface area contributed by atoms with Crippen molar-refractivity contribution in [2.45, 2.75) is 84.3 Å². The number of halogens is 4. The lowest BCUT2D eigenvalue weighted by atomic mass is 9.86. The molecule has 9 heterocycles. The number of aryl methyl sites for hydroxylation is 1. The molecule has 0 atom stereocenters. The molecule has 0 saturated carbocycles. The minimum absolute atomic E-state index is 0.0906. The molecule has 0 fully saturated rings. The molecule has 3 aliphatic rings. The summed E-state index contributed by atoms with van der Waals surface area (Å²) in [5.41, 5.74) is 10.1. The Labute approximate surface area is 453 Å². The van der Waals surface area contributed by atoms with Crippen LogP contribution in [-0.4, -0.2) is 77.0 Å². The van der Waals surface area contributed by atoms with Crippen LogP contribution in [0.3, 0.4) is 0 Å². The van der Waals surface area contributed by atoms with E-state index in [9.17, 15) is 27.6 Å². The highest BCUT2D eigenvalue weighted by molar-refractivity contribution is 9.10. The van der Waals surface area contributed by atoms with Crippen LogP contribution in [0, 0.1) is 24.4 Å². The lowest BCUT2D eigenvalue weighted by Crippen LogP contribution is -2.27. The third-order valence-corrected chi connectivity index (χ3v) is 14.2. The predicted molar refractivity (Wildman–Crippen MR) is 288 cm³/mol. The molecule has 9 aromatic rings. The topological polar surface area (TPSA) is 244 Å². The Morgan fingerprint density at radius 2 is 0.808 bits per heavy atom. The van der Waals surface area contributed by atoms with Gasteiger partial charge in [0.2, 0.25) is 17.7 Å². The summed E-state index contributed by atoms with van der Waals surface area (Å²) in [7, 11) is 0. The first-order chi connectivity index (χ1) is 37.1. The number of hydrogen-bond acceptors (Lipinski definition) is 13. The molecule has 6 aromatic heterocycles. The van der Waals surface area contributed by atoms with Gasteiger partial charge in [-0.2, -0.15) is 15.3 Å². The molecule has 12 rings (SSSR count). The van der Waals surface area contributed by atoms with Crippen molar-refractivity contribution in [3.63, 3.8) is 0 Å². The molecule has 19 nitrogen and oxygen atoms in total. The smallest absolute Gasteiger partial charge is 0.235 e. The van der Waals surface area contributed by atoms with E-state index in [1.807, 2.05) is 34.6 Å². The summed E-state index contributed by atoms with van der Waals surface area (Å²) < 4.78 is 46.8. The summed E-state index contributed by atoms with van der Waals surface area (Å²) in [6.07, 6.45) is 5.22. The zero-order valence-corrected chi connectivity index (χ0v) is 44.8. The average molecular weight is 1120 g/mol. The second-order valence-corrected chi connectivity index (χ2v) is 21.0. The first-order valence-corrected chi connectivity index (χ1v) is 25.3. The van der Waals surface area contributed by atoms with Crippen LogP contribution in [-0.2, 0) is 50.3 Å². The van der Waals surface area contributed by atoms with Gasteiger partial charge in [-0.3, -0.25) is 28.4 Å². The van der Waals surface area contributed by atoms with E-state index in [1.165, 1.54) is 18.2 Å². The second-order valence-electron chi connectivity index (χ2n) is 20.3. The zero-order chi connectivity index (χ0) is 55.4. The quantitative estimate of drug-likeness (QED) is 0.0988. The summed E-state index contributed by atoms with van der Waals surface area (Å²) >= 11 is 3.44. The van der Waals surface area contributed by atoms with Crippen molar-refractivity contribution in [2.75, 3.05) is 21.7 Å². The van der Waals surface area contributed by atoms with E-state index in [-0.39, 0.29) is 47.5 Å². The highest BCUT2D eigenvalue weighted by Gasteiger charge is 2.44. The molecule has 3 aliphatic heterocycles. The van der Waals surface area contributed by atoms with Crippen LogP contribution in [0.1, 0.15) is 80.6 Å². The molecular weight excluding hydrogens is 1070 g/mol. The highest BCUT2D eigenvalue weighted by Crippen LogP contribution is 2.42. The van der Waals surface area contributed by atoms with Gasteiger partial charge in [0, 0.05) is 52.1 Å². The van der Waals surface area contributed by atoms with Crippen molar-refractivity contribution < 1.29 is 27.6 Å². The maximum atomic E-state index is 13.8. The number of nitrogens with two attached hydrogens (primary N) is 1. The van der Waals surface area contributed by atoms with E-state index in [1.54, 1.807) is 119 Å². The molecule has 0 unspecified atom stereocenters. The van der Waals surface area contributed by atoms with E-state index in [0.29, 0.717) is 92.0 Å². The van der Waals surface area contributed by atoms with Gasteiger partial charge in [0.25, 0.3) is 0 Å². The molecule has 23 heteroatoms. The summed E-state index contributed by atoms with van der Waals surface area (Å²) in [4.78, 5) is 63.0. The molecular formula is C55H50BrF3N16O3. The lowest BCUT2D eigenvalue weighted by molar-refractivity contribution is -0.120.